The van der Waals surface area contributed by atoms with Crippen molar-refractivity contribution in [2.75, 3.05) is 7.11 Å². The third-order valence-electron chi connectivity index (χ3n) is 2.72. The molecule has 1 atom stereocenters. The molecule has 1 unspecified atom stereocenters. The van der Waals surface area contributed by atoms with E-state index in [0.717, 1.165) is 5.56 Å². The first-order valence-corrected chi connectivity index (χ1v) is 6.40. The zero-order chi connectivity index (χ0) is 15.4. The Balaban J connectivity index is 2.96. The number of carbonyl (C=O) groups excluding carboxylic acids is 1. The lowest BCUT2D eigenvalue weighted by Crippen LogP contribution is -2.31. The van der Waals surface area contributed by atoms with Crippen molar-refractivity contribution in [2.45, 2.75) is 38.9 Å². The average Bonchev–Trinajstić information content (AvgIpc) is 2.36. The predicted molar refractivity (Wildman–Crippen MR) is 77.9 cm³/mol. The fourth-order valence-electron chi connectivity index (χ4n) is 1.59. The molecule has 20 heavy (non-hydrogen) atoms. The van der Waals surface area contributed by atoms with Crippen LogP contribution in [-0.4, -0.2) is 18.9 Å². The lowest BCUT2D eigenvalue weighted by molar-refractivity contribution is -0.0454. The molecule has 0 aliphatic carbocycles. The fourth-order valence-corrected chi connectivity index (χ4v) is 1.59. The Kier molecular flexibility index (Phi) is 4.82. The number of rotatable bonds is 4. The summed E-state index contributed by atoms with van der Waals surface area (Å²) in [7, 11) is 1.58. The first kappa shape index (κ1) is 16.1. The van der Waals surface area contributed by atoms with Gasteiger partial charge < -0.3 is 14.2 Å². The third-order valence-corrected chi connectivity index (χ3v) is 2.72. The molecule has 110 valence electrons. The van der Waals surface area contributed by atoms with Crippen LogP contribution in [0.2, 0.25) is 0 Å². The van der Waals surface area contributed by atoms with Crippen molar-refractivity contribution < 1.29 is 19.0 Å². The summed E-state index contributed by atoms with van der Waals surface area (Å²) in [4.78, 5) is 11.8. The molecule has 0 fully saturated rings. The Labute approximate surface area is 120 Å². The van der Waals surface area contributed by atoms with Crippen molar-refractivity contribution in [3.63, 3.8) is 0 Å². The van der Waals surface area contributed by atoms with Gasteiger partial charge in [-0.25, -0.2) is 4.79 Å². The van der Waals surface area contributed by atoms with Gasteiger partial charge in [0, 0.05) is 5.56 Å². The Morgan fingerprint density at radius 3 is 2.35 bits per heavy atom. The quantitative estimate of drug-likeness (QED) is 0.615. The van der Waals surface area contributed by atoms with E-state index in [1.54, 1.807) is 46.9 Å². The molecule has 1 rings (SSSR count). The third kappa shape index (κ3) is 4.30. The summed E-state index contributed by atoms with van der Waals surface area (Å²) in [6.07, 6.45) is 0.828. The van der Waals surface area contributed by atoms with Gasteiger partial charge in [0.15, 0.2) is 5.60 Å². The summed E-state index contributed by atoms with van der Waals surface area (Å²) < 4.78 is 15.8. The molecule has 4 nitrogen and oxygen atoms in total. The summed E-state index contributed by atoms with van der Waals surface area (Å²) in [6, 6.07) is 7.29. The van der Waals surface area contributed by atoms with E-state index in [9.17, 15) is 4.79 Å². The van der Waals surface area contributed by atoms with Crippen molar-refractivity contribution >= 4 is 6.16 Å². The van der Waals surface area contributed by atoms with Crippen LogP contribution < -0.4 is 4.74 Å². The summed E-state index contributed by atoms with van der Waals surface area (Å²) in [5.74, 6) is 0.684. The zero-order valence-electron chi connectivity index (χ0n) is 12.7. The maximum Gasteiger partial charge on any atom is 0.510 e. The molecule has 0 aromatic heterocycles. The van der Waals surface area contributed by atoms with Crippen LogP contribution >= 0.6 is 0 Å². The molecule has 0 N–H and O–H groups in total. The largest absolute Gasteiger partial charge is 0.510 e. The second-order valence-corrected chi connectivity index (χ2v) is 5.61. The van der Waals surface area contributed by atoms with Gasteiger partial charge in [-0.1, -0.05) is 18.7 Å². The van der Waals surface area contributed by atoms with E-state index in [-0.39, 0.29) is 0 Å². The van der Waals surface area contributed by atoms with Gasteiger partial charge in [0.1, 0.15) is 11.4 Å². The van der Waals surface area contributed by atoms with E-state index in [0.29, 0.717) is 5.75 Å². The molecule has 0 spiro atoms. The van der Waals surface area contributed by atoms with Gasteiger partial charge in [0.05, 0.1) is 7.11 Å². The Morgan fingerprint density at radius 2 is 1.85 bits per heavy atom. The standard InChI is InChI=1S/C16H22O4/c1-7-16(5,20-14(17)19-15(2,3)4)12-9-8-10-13(11-12)18-6/h7-11H,1H2,2-6H3. The summed E-state index contributed by atoms with van der Waals surface area (Å²) >= 11 is 0. The highest BCUT2D eigenvalue weighted by Gasteiger charge is 2.30. The van der Waals surface area contributed by atoms with Crippen LogP contribution in [0.4, 0.5) is 4.79 Å². The minimum absolute atomic E-state index is 0.604. The van der Waals surface area contributed by atoms with E-state index in [2.05, 4.69) is 6.58 Å². The molecule has 4 heteroatoms. The van der Waals surface area contributed by atoms with Crippen LogP contribution in [0.25, 0.3) is 0 Å². The van der Waals surface area contributed by atoms with Crippen LogP contribution in [-0.2, 0) is 15.1 Å². The Bertz CT molecular complexity index is 487. The van der Waals surface area contributed by atoms with Crippen LogP contribution in [0.1, 0.15) is 33.3 Å². The molecule has 1 aromatic rings. The van der Waals surface area contributed by atoms with E-state index >= 15 is 0 Å². The molecule has 0 bridgehead atoms. The highest BCUT2D eigenvalue weighted by atomic mass is 16.7. The SMILES string of the molecule is C=CC(C)(OC(=O)OC(C)(C)C)c1cccc(OC)c1. The Morgan fingerprint density at radius 1 is 1.20 bits per heavy atom. The van der Waals surface area contributed by atoms with Gasteiger partial charge in [-0.2, -0.15) is 0 Å². The molecule has 0 saturated heterocycles. The van der Waals surface area contributed by atoms with Gasteiger partial charge in [-0.15, -0.1) is 0 Å². The minimum atomic E-state index is -0.975. The van der Waals surface area contributed by atoms with E-state index in [1.807, 2.05) is 18.2 Å². The number of ether oxygens (including phenoxy) is 3. The number of carbonyl (C=O) groups is 1. The van der Waals surface area contributed by atoms with Crippen LogP contribution in [0.5, 0.6) is 5.75 Å². The molecule has 0 aliphatic rings. The second-order valence-electron chi connectivity index (χ2n) is 5.61. The summed E-state index contributed by atoms with van der Waals surface area (Å²) in [5, 5.41) is 0. The average molecular weight is 278 g/mol. The van der Waals surface area contributed by atoms with Crippen molar-refractivity contribution in [1.82, 2.24) is 0 Å². The van der Waals surface area contributed by atoms with Gasteiger partial charge >= 0.3 is 6.16 Å². The monoisotopic (exact) mass is 278 g/mol. The van der Waals surface area contributed by atoms with Crippen LogP contribution in [0, 0.1) is 0 Å². The van der Waals surface area contributed by atoms with E-state index < -0.39 is 17.4 Å². The van der Waals surface area contributed by atoms with Crippen LogP contribution in [0.3, 0.4) is 0 Å². The van der Waals surface area contributed by atoms with E-state index in [4.69, 9.17) is 14.2 Å². The number of methoxy groups -OCH3 is 1. The number of hydrogen-bond acceptors (Lipinski definition) is 4. The lowest BCUT2D eigenvalue weighted by Gasteiger charge is -2.28. The van der Waals surface area contributed by atoms with Crippen LogP contribution in [0.15, 0.2) is 36.9 Å². The second kappa shape index (κ2) is 5.99. The molecular weight excluding hydrogens is 256 g/mol. The van der Waals surface area contributed by atoms with Crippen molar-refractivity contribution in [3.05, 3.63) is 42.5 Å². The molecule has 0 amide bonds. The highest BCUT2D eigenvalue weighted by Crippen LogP contribution is 2.30. The smallest absolute Gasteiger partial charge is 0.497 e. The molecule has 0 aliphatic heterocycles. The number of benzene rings is 1. The normalized spacial score (nSPS) is 14.1. The zero-order valence-corrected chi connectivity index (χ0v) is 12.7. The Hall–Kier alpha value is -1.97. The topological polar surface area (TPSA) is 44.8 Å². The first-order chi connectivity index (χ1) is 9.20. The number of hydrogen-bond donors (Lipinski definition) is 0. The van der Waals surface area contributed by atoms with E-state index in [1.165, 1.54) is 0 Å². The predicted octanol–water partition coefficient (Wildman–Crippen LogP) is 4.05. The van der Waals surface area contributed by atoms with Gasteiger partial charge in [0.25, 0.3) is 0 Å². The first-order valence-electron chi connectivity index (χ1n) is 6.40. The summed E-state index contributed by atoms with van der Waals surface area (Å²) in [6.45, 7) is 10.8. The lowest BCUT2D eigenvalue weighted by atomic mass is 9.96. The van der Waals surface area contributed by atoms with Gasteiger partial charge in [-0.05, 0) is 45.9 Å². The molecular formula is C16H22O4. The van der Waals surface area contributed by atoms with Crippen molar-refractivity contribution in [1.29, 1.82) is 0 Å². The minimum Gasteiger partial charge on any atom is -0.497 e. The molecule has 0 saturated carbocycles. The highest BCUT2D eigenvalue weighted by molar-refractivity contribution is 5.62. The van der Waals surface area contributed by atoms with Gasteiger partial charge in [-0.3, -0.25) is 0 Å². The fraction of sp³-hybridized carbons (Fsp3) is 0.438. The van der Waals surface area contributed by atoms with Gasteiger partial charge in [0.2, 0.25) is 0 Å². The van der Waals surface area contributed by atoms with Crippen molar-refractivity contribution in [3.8, 4) is 5.75 Å². The molecule has 1 aromatic carbocycles. The maximum absolute atomic E-state index is 11.8. The molecule has 0 radical (unpaired) electrons. The maximum atomic E-state index is 11.8. The molecule has 0 heterocycles. The summed E-state index contributed by atoms with van der Waals surface area (Å²) in [5.41, 5.74) is -0.817. The van der Waals surface area contributed by atoms with Crippen molar-refractivity contribution in [2.24, 2.45) is 0 Å².